The van der Waals surface area contributed by atoms with Crippen LogP contribution in [0.1, 0.15) is 23.6 Å². The lowest BCUT2D eigenvalue weighted by atomic mass is 10.00. The Morgan fingerprint density at radius 3 is 2.50 bits per heavy atom. The summed E-state index contributed by atoms with van der Waals surface area (Å²) in [5, 5.41) is 7.46. The summed E-state index contributed by atoms with van der Waals surface area (Å²) in [6, 6.07) is 14.4. The lowest BCUT2D eigenvalue weighted by Gasteiger charge is -2.26. The second-order valence-corrected chi connectivity index (χ2v) is 6.74. The van der Waals surface area contributed by atoms with Crippen LogP contribution in [0.4, 0.5) is 0 Å². The third-order valence-corrected chi connectivity index (χ3v) is 4.75. The van der Waals surface area contributed by atoms with Gasteiger partial charge in [0.15, 0.2) is 5.11 Å². The Morgan fingerprint density at radius 1 is 1.08 bits per heavy atom. The molecule has 2 heterocycles. The van der Waals surface area contributed by atoms with Crippen LogP contribution in [0.3, 0.4) is 0 Å². The zero-order valence-electron chi connectivity index (χ0n) is 14.9. The molecule has 138 valence electrons. The molecule has 0 radical (unpaired) electrons. The first kappa shape index (κ1) is 18.8. The van der Waals surface area contributed by atoms with Crippen molar-refractivity contribution in [2.24, 2.45) is 0 Å². The summed E-state index contributed by atoms with van der Waals surface area (Å²) in [5.41, 5.74) is 2.32. The average molecular weight is 371 g/mol. The van der Waals surface area contributed by atoms with Crippen LogP contribution in [0.5, 0.6) is 0 Å². The Morgan fingerprint density at radius 2 is 1.77 bits per heavy atom. The van der Waals surface area contributed by atoms with Crippen LogP contribution in [0.15, 0.2) is 54.9 Å². The lowest BCUT2D eigenvalue weighted by Crippen LogP contribution is -2.41. The van der Waals surface area contributed by atoms with Gasteiger partial charge in [0.2, 0.25) is 0 Å². The maximum atomic E-state index is 5.53. The normalized spacial score (nSPS) is 16.0. The van der Waals surface area contributed by atoms with E-state index in [-0.39, 0.29) is 6.04 Å². The van der Waals surface area contributed by atoms with E-state index >= 15 is 0 Å². The number of pyridine rings is 1. The molecule has 1 atom stereocenters. The van der Waals surface area contributed by atoms with E-state index in [1.165, 1.54) is 5.56 Å². The standard InChI is InChI=1S/C20H26N4OS/c26-20(22-9-4-12-24-13-15-25-16-14-24)23-19(17-5-2-1-3-6-17)18-7-10-21-11-8-18/h1-3,5-8,10-11,19H,4,9,12-16H2,(H2,22,23,26)/t19-/m0/s1. The quantitative estimate of drug-likeness (QED) is 0.576. The predicted molar refractivity (Wildman–Crippen MR) is 108 cm³/mol. The number of hydrogen-bond donors (Lipinski definition) is 2. The first-order chi connectivity index (χ1) is 12.8. The fraction of sp³-hybridized carbons (Fsp3) is 0.400. The SMILES string of the molecule is S=C(NCCCN1CCOCC1)N[C@@H](c1ccccc1)c1ccncc1. The van der Waals surface area contributed by atoms with Crippen molar-refractivity contribution >= 4 is 17.3 Å². The molecular formula is C20H26N4OS. The molecular weight excluding hydrogens is 344 g/mol. The minimum atomic E-state index is 0.0124. The molecule has 0 unspecified atom stereocenters. The smallest absolute Gasteiger partial charge is 0.167 e. The van der Waals surface area contributed by atoms with Gasteiger partial charge in [-0.05, 0) is 48.4 Å². The van der Waals surface area contributed by atoms with Crippen molar-refractivity contribution in [2.75, 3.05) is 39.4 Å². The van der Waals surface area contributed by atoms with Gasteiger partial charge in [-0.3, -0.25) is 9.88 Å². The Kier molecular flexibility index (Phi) is 7.37. The number of hydrogen-bond acceptors (Lipinski definition) is 4. The Bertz CT molecular complexity index is 623. The van der Waals surface area contributed by atoms with Crippen LogP contribution in [0.2, 0.25) is 0 Å². The van der Waals surface area contributed by atoms with E-state index in [0.717, 1.165) is 51.4 Å². The molecule has 5 nitrogen and oxygen atoms in total. The van der Waals surface area contributed by atoms with Gasteiger partial charge in [-0.2, -0.15) is 0 Å². The number of rotatable bonds is 7. The maximum Gasteiger partial charge on any atom is 0.167 e. The van der Waals surface area contributed by atoms with E-state index < -0.39 is 0 Å². The average Bonchev–Trinajstić information content (AvgIpc) is 2.71. The molecule has 26 heavy (non-hydrogen) atoms. The highest BCUT2D eigenvalue weighted by atomic mass is 32.1. The van der Waals surface area contributed by atoms with Crippen molar-refractivity contribution in [3.63, 3.8) is 0 Å². The fourth-order valence-corrected chi connectivity index (χ4v) is 3.29. The van der Waals surface area contributed by atoms with E-state index in [2.05, 4.69) is 32.7 Å². The Labute approximate surface area is 160 Å². The minimum absolute atomic E-state index is 0.0124. The summed E-state index contributed by atoms with van der Waals surface area (Å²) in [6.45, 7) is 5.68. The van der Waals surface area contributed by atoms with E-state index in [9.17, 15) is 0 Å². The van der Waals surface area contributed by atoms with Gasteiger partial charge >= 0.3 is 0 Å². The third kappa shape index (κ3) is 5.76. The summed E-state index contributed by atoms with van der Waals surface area (Å²) in [5.74, 6) is 0. The molecule has 1 aliphatic heterocycles. The summed E-state index contributed by atoms with van der Waals surface area (Å²) in [6.07, 6.45) is 4.69. The van der Waals surface area contributed by atoms with Gasteiger partial charge in [0.05, 0.1) is 19.3 Å². The molecule has 0 bridgehead atoms. The van der Waals surface area contributed by atoms with Crippen molar-refractivity contribution < 1.29 is 4.74 Å². The number of benzene rings is 1. The van der Waals surface area contributed by atoms with Gasteiger partial charge < -0.3 is 15.4 Å². The topological polar surface area (TPSA) is 49.4 Å². The number of morpholine rings is 1. The number of nitrogens with zero attached hydrogens (tertiary/aromatic N) is 2. The zero-order valence-corrected chi connectivity index (χ0v) is 15.8. The summed E-state index contributed by atoms with van der Waals surface area (Å²) < 4.78 is 5.38. The number of thiocarbonyl (C=S) groups is 1. The Hall–Kier alpha value is -2.02. The number of aromatic nitrogens is 1. The monoisotopic (exact) mass is 370 g/mol. The van der Waals surface area contributed by atoms with Gasteiger partial charge in [-0.25, -0.2) is 0 Å². The molecule has 0 saturated carbocycles. The lowest BCUT2D eigenvalue weighted by molar-refractivity contribution is 0.0376. The molecule has 0 aliphatic carbocycles. The van der Waals surface area contributed by atoms with Gasteiger partial charge in [0.1, 0.15) is 0 Å². The van der Waals surface area contributed by atoms with Crippen molar-refractivity contribution in [1.82, 2.24) is 20.5 Å². The van der Waals surface area contributed by atoms with E-state index in [0.29, 0.717) is 5.11 Å². The molecule has 0 amide bonds. The molecule has 1 aromatic carbocycles. The molecule has 1 fully saturated rings. The predicted octanol–water partition coefficient (Wildman–Crippen LogP) is 2.36. The van der Waals surface area contributed by atoms with Crippen molar-refractivity contribution in [2.45, 2.75) is 12.5 Å². The maximum absolute atomic E-state index is 5.53. The highest BCUT2D eigenvalue weighted by Gasteiger charge is 2.15. The molecule has 2 N–H and O–H groups in total. The van der Waals surface area contributed by atoms with Crippen molar-refractivity contribution in [3.8, 4) is 0 Å². The highest BCUT2D eigenvalue weighted by molar-refractivity contribution is 7.80. The van der Waals surface area contributed by atoms with Crippen LogP contribution in [-0.2, 0) is 4.74 Å². The minimum Gasteiger partial charge on any atom is -0.379 e. The van der Waals surface area contributed by atoms with Crippen LogP contribution in [-0.4, -0.2) is 54.4 Å². The Balaban J connectivity index is 1.51. The third-order valence-electron chi connectivity index (χ3n) is 4.49. The van der Waals surface area contributed by atoms with Crippen molar-refractivity contribution in [3.05, 3.63) is 66.0 Å². The summed E-state index contributed by atoms with van der Waals surface area (Å²) >= 11 is 5.53. The largest absolute Gasteiger partial charge is 0.379 e. The van der Waals surface area contributed by atoms with Crippen LogP contribution >= 0.6 is 12.2 Å². The molecule has 0 spiro atoms. The highest BCUT2D eigenvalue weighted by Crippen LogP contribution is 2.21. The fourth-order valence-electron chi connectivity index (χ4n) is 3.07. The number of nitrogens with one attached hydrogen (secondary N) is 2. The van der Waals surface area contributed by atoms with E-state index in [1.807, 2.05) is 42.7 Å². The van der Waals surface area contributed by atoms with Crippen LogP contribution in [0, 0.1) is 0 Å². The van der Waals surface area contributed by atoms with E-state index in [1.54, 1.807) is 0 Å². The molecule has 6 heteroatoms. The summed E-state index contributed by atoms with van der Waals surface area (Å²) in [4.78, 5) is 6.55. The van der Waals surface area contributed by atoms with Crippen LogP contribution < -0.4 is 10.6 Å². The first-order valence-electron chi connectivity index (χ1n) is 9.12. The molecule has 1 saturated heterocycles. The van der Waals surface area contributed by atoms with E-state index in [4.69, 9.17) is 17.0 Å². The zero-order chi connectivity index (χ0) is 18.0. The van der Waals surface area contributed by atoms with Gasteiger partial charge in [-0.15, -0.1) is 0 Å². The van der Waals surface area contributed by atoms with Crippen molar-refractivity contribution in [1.29, 1.82) is 0 Å². The molecule has 2 aromatic rings. The molecule has 1 aromatic heterocycles. The first-order valence-corrected chi connectivity index (χ1v) is 9.53. The second-order valence-electron chi connectivity index (χ2n) is 6.33. The van der Waals surface area contributed by atoms with Gasteiger partial charge in [-0.1, -0.05) is 30.3 Å². The van der Waals surface area contributed by atoms with Crippen LogP contribution in [0.25, 0.3) is 0 Å². The molecule has 3 rings (SSSR count). The summed E-state index contributed by atoms with van der Waals surface area (Å²) in [7, 11) is 0. The van der Waals surface area contributed by atoms with Gasteiger partial charge in [0.25, 0.3) is 0 Å². The second kappa shape index (κ2) is 10.2. The number of ether oxygens (including phenoxy) is 1. The van der Waals surface area contributed by atoms with Gasteiger partial charge in [0, 0.05) is 32.0 Å². The molecule has 1 aliphatic rings.